The smallest absolute Gasteiger partial charge is 0.475 e. The highest BCUT2D eigenvalue weighted by Crippen LogP contribution is 2.50. The number of carboxylic acid groups (broad SMARTS) is 2. The second-order valence-electron chi connectivity index (χ2n) is 9.45. The molecule has 1 saturated heterocycles. The number of nitrogens with zero attached hydrogens (tertiary/aromatic N) is 2. The van der Waals surface area contributed by atoms with Crippen molar-refractivity contribution in [1.82, 2.24) is 15.2 Å². The minimum atomic E-state index is -5.08. The molecule has 14 heteroatoms. The van der Waals surface area contributed by atoms with Crippen LogP contribution in [0, 0.1) is 6.92 Å². The number of carboxylic acids is 2. The van der Waals surface area contributed by atoms with Crippen LogP contribution in [-0.2, 0) is 21.5 Å². The minimum Gasteiger partial charge on any atom is -0.475 e. The van der Waals surface area contributed by atoms with E-state index in [1.54, 1.807) is 5.56 Å². The Labute approximate surface area is 226 Å². The monoisotopic (exact) mass is 579 g/mol. The van der Waals surface area contributed by atoms with Crippen molar-refractivity contribution in [3.63, 3.8) is 0 Å². The van der Waals surface area contributed by atoms with E-state index in [9.17, 15) is 31.4 Å². The average molecular weight is 580 g/mol. The van der Waals surface area contributed by atoms with Crippen LogP contribution in [0.25, 0.3) is 0 Å². The number of nitrogens with one attached hydrogen (secondary N) is 1. The van der Waals surface area contributed by atoms with Crippen molar-refractivity contribution in [3.05, 3.63) is 65.0 Å². The lowest BCUT2D eigenvalue weighted by atomic mass is 9.73. The third-order valence-electron chi connectivity index (χ3n) is 6.69. The molecule has 2 aliphatic rings. The minimum absolute atomic E-state index is 0.261. The Balaban J connectivity index is 0.000000333. The summed E-state index contributed by atoms with van der Waals surface area (Å²) in [6, 6.07) is 15.6. The first-order chi connectivity index (χ1) is 18.6. The van der Waals surface area contributed by atoms with Gasteiger partial charge in [-0.1, -0.05) is 30.3 Å². The highest BCUT2D eigenvalue weighted by Gasteiger charge is 2.45. The van der Waals surface area contributed by atoms with E-state index >= 15 is 0 Å². The number of aliphatic carboxylic acids is 2. The fourth-order valence-electron chi connectivity index (χ4n) is 4.82. The van der Waals surface area contributed by atoms with Crippen LogP contribution >= 0.6 is 0 Å². The number of pyridine rings is 1. The molecule has 4 N–H and O–H groups in total. The Hall–Kier alpha value is -3.23. The van der Waals surface area contributed by atoms with Gasteiger partial charge in [0, 0.05) is 24.8 Å². The Morgan fingerprint density at radius 2 is 1.52 bits per heavy atom. The van der Waals surface area contributed by atoms with Gasteiger partial charge in [-0.25, -0.2) is 9.59 Å². The molecular formula is C26H31F6N3O5. The summed E-state index contributed by atoms with van der Waals surface area (Å²) in [6.45, 7) is 6.09. The first-order valence-electron chi connectivity index (χ1n) is 12.3. The molecule has 1 aliphatic carbocycles. The number of β-amino-alcohol motifs (C(OH)–C–C–N with tert-alkyl or cyclic N) is 1. The van der Waals surface area contributed by atoms with Crippen LogP contribution in [0.1, 0.15) is 47.8 Å². The summed E-state index contributed by atoms with van der Waals surface area (Å²) in [5.74, 6) is -5.51. The van der Waals surface area contributed by atoms with Crippen LogP contribution in [0.3, 0.4) is 0 Å². The van der Waals surface area contributed by atoms with Crippen LogP contribution < -0.4 is 5.32 Å². The molecule has 1 atom stereocenters. The Bertz CT molecular complexity index is 1110. The van der Waals surface area contributed by atoms with Crippen LogP contribution in [0.15, 0.2) is 42.5 Å². The SMILES string of the molecule is Cc1cccc(CNC2CC3(CCN(CCO)CC3)c3ccccc32)n1.O=C(O)C(F)(F)F.O=C(O)C(F)(F)F. The lowest BCUT2D eigenvalue weighted by Crippen LogP contribution is -2.42. The molecule has 1 aliphatic heterocycles. The van der Waals surface area contributed by atoms with E-state index in [-0.39, 0.29) is 6.61 Å². The molecule has 1 spiro atoms. The molecule has 1 fully saturated rings. The number of halogens is 6. The third kappa shape index (κ3) is 9.45. The van der Waals surface area contributed by atoms with Crippen LogP contribution in [0.4, 0.5) is 26.3 Å². The van der Waals surface area contributed by atoms with E-state index in [0.717, 1.165) is 37.6 Å². The molecule has 8 nitrogen and oxygen atoms in total. The summed E-state index contributed by atoms with van der Waals surface area (Å²) in [6.07, 6.45) is -6.62. The van der Waals surface area contributed by atoms with Gasteiger partial charge >= 0.3 is 24.3 Å². The van der Waals surface area contributed by atoms with E-state index in [2.05, 4.69) is 51.6 Å². The highest BCUT2D eigenvalue weighted by atomic mass is 19.4. The number of aryl methyl sites for hydroxylation is 1. The molecule has 222 valence electrons. The van der Waals surface area contributed by atoms with Crippen molar-refractivity contribution < 1.29 is 51.3 Å². The number of carbonyl (C=O) groups is 2. The zero-order valence-electron chi connectivity index (χ0n) is 21.6. The van der Waals surface area contributed by atoms with Crippen molar-refractivity contribution in [3.8, 4) is 0 Å². The molecule has 2 heterocycles. The van der Waals surface area contributed by atoms with Crippen molar-refractivity contribution >= 4 is 11.9 Å². The van der Waals surface area contributed by atoms with Crippen molar-refractivity contribution in [2.45, 2.75) is 56.5 Å². The standard InChI is InChI=1S/C22H29N3O.2C2HF3O2/c1-17-5-4-6-18(24-17)16-23-21-15-22(20-8-3-2-7-19(20)21)9-11-25(12-10-22)13-14-26;2*3-2(4,5)1(6)7/h2-8,21,23,26H,9-16H2,1H3;2*(H,6,7). The van der Waals surface area contributed by atoms with E-state index in [1.807, 2.05) is 13.0 Å². The maximum absolute atomic E-state index is 10.6. The molecule has 0 saturated carbocycles. The number of hydrogen-bond donors (Lipinski definition) is 4. The lowest BCUT2D eigenvalue weighted by molar-refractivity contribution is -0.193. The lowest BCUT2D eigenvalue weighted by Gasteiger charge is -2.40. The topological polar surface area (TPSA) is 123 Å². The number of benzene rings is 1. The average Bonchev–Trinajstić information content (AvgIpc) is 3.17. The summed E-state index contributed by atoms with van der Waals surface area (Å²) in [5, 5.41) is 27.2. The van der Waals surface area contributed by atoms with Gasteiger partial charge < -0.3 is 25.5 Å². The molecule has 4 rings (SSSR count). The Kier molecular flexibility index (Phi) is 11.5. The molecule has 2 aromatic rings. The number of aliphatic hydroxyl groups excluding tert-OH is 1. The highest BCUT2D eigenvalue weighted by molar-refractivity contribution is 5.73. The number of fused-ring (bicyclic) bond motifs is 2. The van der Waals surface area contributed by atoms with Crippen LogP contribution in [0.5, 0.6) is 0 Å². The predicted octanol–water partition coefficient (Wildman–Crippen LogP) is 4.22. The fourth-order valence-corrected chi connectivity index (χ4v) is 4.82. The van der Waals surface area contributed by atoms with Crippen LogP contribution in [-0.4, -0.2) is 75.7 Å². The van der Waals surface area contributed by atoms with Crippen molar-refractivity contribution in [1.29, 1.82) is 0 Å². The quantitative estimate of drug-likeness (QED) is 0.389. The molecule has 0 amide bonds. The van der Waals surface area contributed by atoms with Gasteiger partial charge in [0.1, 0.15) is 0 Å². The largest absolute Gasteiger partial charge is 0.490 e. The number of piperidine rings is 1. The zero-order chi connectivity index (χ0) is 30.1. The fraction of sp³-hybridized carbons (Fsp3) is 0.500. The molecule has 1 aromatic heterocycles. The zero-order valence-corrected chi connectivity index (χ0v) is 21.6. The number of aliphatic hydroxyl groups is 1. The van der Waals surface area contributed by atoms with Gasteiger partial charge in [-0.05, 0) is 68.0 Å². The summed E-state index contributed by atoms with van der Waals surface area (Å²) in [4.78, 5) is 24.8. The van der Waals surface area contributed by atoms with Crippen molar-refractivity contribution in [2.75, 3.05) is 26.2 Å². The van der Waals surface area contributed by atoms with E-state index < -0.39 is 24.3 Å². The number of hydrogen-bond acceptors (Lipinski definition) is 6. The van der Waals surface area contributed by atoms with Gasteiger partial charge in [-0.3, -0.25) is 4.98 Å². The summed E-state index contributed by atoms with van der Waals surface area (Å²) < 4.78 is 63.5. The first-order valence-corrected chi connectivity index (χ1v) is 12.3. The van der Waals surface area contributed by atoms with E-state index in [0.29, 0.717) is 11.5 Å². The number of rotatable bonds is 5. The maximum atomic E-state index is 10.6. The van der Waals surface area contributed by atoms with Gasteiger partial charge in [-0.2, -0.15) is 26.3 Å². The van der Waals surface area contributed by atoms with Crippen molar-refractivity contribution in [2.24, 2.45) is 0 Å². The molecular weight excluding hydrogens is 548 g/mol. The maximum Gasteiger partial charge on any atom is 0.490 e. The second-order valence-corrected chi connectivity index (χ2v) is 9.45. The second kappa shape index (κ2) is 13.9. The van der Waals surface area contributed by atoms with Gasteiger partial charge in [0.05, 0.1) is 12.3 Å². The van der Waals surface area contributed by atoms with Gasteiger partial charge in [0.15, 0.2) is 0 Å². The Morgan fingerprint density at radius 3 is 2.02 bits per heavy atom. The van der Waals surface area contributed by atoms with Gasteiger partial charge in [0.25, 0.3) is 0 Å². The predicted molar refractivity (Wildman–Crippen MR) is 131 cm³/mol. The Morgan fingerprint density at radius 1 is 0.975 bits per heavy atom. The summed E-state index contributed by atoms with van der Waals surface area (Å²) in [5.41, 5.74) is 5.49. The van der Waals surface area contributed by atoms with Crippen LogP contribution in [0.2, 0.25) is 0 Å². The number of aromatic nitrogens is 1. The third-order valence-corrected chi connectivity index (χ3v) is 6.69. The summed E-state index contributed by atoms with van der Waals surface area (Å²) in [7, 11) is 0. The molecule has 1 unspecified atom stereocenters. The first kappa shape index (κ1) is 33.0. The number of alkyl halides is 6. The van der Waals surface area contributed by atoms with Gasteiger partial charge in [-0.15, -0.1) is 0 Å². The summed E-state index contributed by atoms with van der Waals surface area (Å²) >= 11 is 0. The normalized spacial score (nSPS) is 18.1. The van der Waals surface area contributed by atoms with Gasteiger partial charge in [0.2, 0.25) is 0 Å². The molecule has 0 radical (unpaired) electrons. The molecule has 1 aromatic carbocycles. The number of likely N-dealkylation sites (tertiary alicyclic amines) is 1. The van der Waals surface area contributed by atoms with E-state index in [4.69, 9.17) is 19.8 Å². The molecule has 0 bridgehead atoms. The molecule has 40 heavy (non-hydrogen) atoms. The van der Waals surface area contributed by atoms with E-state index in [1.165, 1.54) is 24.8 Å².